The molecule has 0 aromatic heterocycles. The number of carbonyl (C=O) groups excluding carboxylic acids is 1. The van der Waals surface area contributed by atoms with Crippen molar-refractivity contribution in [2.75, 3.05) is 13.6 Å². The summed E-state index contributed by atoms with van der Waals surface area (Å²) in [5.41, 5.74) is 0.323. The minimum Gasteiger partial charge on any atom is -0.349 e. The van der Waals surface area contributed by atoms with E-state index in [-0.39, 0.29) is 24.2 Å². The van der Waals surface area contributed by atoms with Crippen LogP contribution in [0.15, 0.2) is 18.2 Å². The molecule has 1 aromatic carbocycles. The first-order chi connectivity index (χ1) is 9.45. The average molecular weight is 321 g/mol. The van der Waals surface area contributed by atoms with E-state index in [0.717, 1.165) is 19.0 Å². The fourth-order valence-corrected chi connectivity index (χ4v) is 2.03. The fraction of sp³-hybridized carbons (Fsp3) is 0.533. The van der Waals surface area contributed by atoms with Crippen molar-refractivity contribution in [1.82, 2.24) is 10.6 Å². The second-order valence-corrected chi connectivity index (χ2v) is 5.16. The van der Waals surface area contributed by atoms with E-state index in [1.54, 1.807) is 0 Å². The Kier molecular flexibility index (Phi) is 9.13. The van der Waals surface area contributed by atoms with Crippen LogP contribution in [0.2, 0.25) is 0 Å². The van der Waals surface area contributed by atoms with Gasteiger partial charge in [-0.2, -0.15) is 0 Å². The van der Waals surface area contributed by atoms with Gasteiger partial charge in [-0.1, -0.05) is 19.9 Å². The first kappa shape index (κ1) is 19.8. The van der Waals surface area contributed by atoms with E-state index in [1.165, 1.54) is 12.1 Å². The standard InChI is InChI=1S/C15H22F2N2O.ClH/c1-10(2)15(19-14(20)5-4-8-18-3)12-7-6-11(16)9-13(12)17;/h6-7,9-10,15,18H,4-5,8H2,1-3H3,(H,19,20);1H. The predicted octanol–water partition coefficient (Wildman–Crippen LogP) is 3.20. The summed E-state index contributed by atoms with van der Waals surface area (Å²) >= 11 is 0. The summed E-state index contributed by atoms with van der Waals surface area (Å²) in [7, 11) is 1.82. The van der Waals surface area contributed by atoms with Crippen molar-refractivity contribution in [1.29, 1.82) is 0 Å². The number of benzene rings is 1. The average Bonchev–Trinajstić information content (AvgIpc) is 2.37. The lowest BCUT2D eigenvalue weighted by Crippen LogP contribution is -2.32. The van der Waals surface area contributed by atoms with Crippen LogP contribution in [0, 0.1) is 17.6 Å². The number of hydrogen-bond donors (Lipinski definition) is 2. The molecule has 0 spiro atoms. The lowest BCUT2D eigenvalue weighted by molar-refractivity contribution is -0.122. The predicted molar refractivity (Wildman–Crippen MR) is 82.5 cm³/mol. The summed E-state index contributed by atoms with van der Waals surface area (Å²) in [5.74, 6) is -1.35. The molecule has 0 saturated carbocycles. The van der Waals surface area contributed by atoms with Crippen LogP contribution < -0.4 is 10.6 Å². The van der Waals surface area contributed by atoms with Crippen LogP contribution in [0.5, 0.6) is 0 Å². The number of nitrogens with one attached hydrogen (secondary N) is 2. The molecule has 0 aliphatic rings. The van der Waals surface area contributed by atoms with Crippen LogP contribution in [0.25, 0.3) is 0 Å². The Bertz CT molecular complexity index is 455. The molecule has 2 N–H and O–H groups in total. The highest BCUT2D eigenvalue weighted by Gasteiger charge is 2.21. The topological polar surface area (TPSA) is 41.1 Å². The molecule has 0 bridgehead atoms. The Labute approximate surface area is 130 Å². The summed E-state index contributed by atoms with van der Waals surface area (Å²) < 4.78 is 26.8. The molecule has 3 nitrogen and oxygen atoms in total. The normalized spacial score (nSPS) is 11.9. The molecule has 1 amide bonds. The van der Waals surface area contributed by atoms with Gasteiger partial charge in [-0.05, 0) is 32.0 Å². The summed E-state index contributed by atoms with van der Waals surface area (Å²) in [6.45, 7) is 4.54. The smallest absolute Gasteiger partial charge is 0.220 e. The summed E-state index contributed by atoms with van der Waals surface area (Å²) in [4.78, 5) is 11.8. The van der Waals surface area contributed by atoms with Crippen LogP contribution in [-0.4, -0.2) is 19.5 Å². The SMILES string of the molecule is CNCCCC(=O)NC(c1ccc(F)cc1F)C(C)C.Cl. The molecular weight excluding hydrogens is 298 g/mol. The van der Waals surface area contributed by atoms with Gasteiger partial charge in [0.2, 0.25) is 5.91 Å². The maximum Gasteiger partial charge on any atom is 0.220 e. The van der Waals surface area contributed by atoms with Crippen LogP contribution in [0.4, 0.5) is 8.78 Å². The summed E-state index contributed by atoms with van der Waals surface area (Å²) in [5, 5.41) is 5.79. The number of halogens is 3. The summed E-state index contributed by atoms with van der Waals surface area (Å²) in [6.07, 6.45) is 1.10. The Hall–Kier alpha value is -1.20. The zero-order valence-electron chi connectivity index (χ0n) is 12.6. The second-order valence-electron chi connectivity index (χ2n) is 5.16. The van der Waals surface area contributed by atoms with Gasteiger partial charge in [-0.25, -0.2) is 8.78 Å². The van der Waals surface area contributed by atoms with E-state index in [4.69, 9.17) is 0 Å². The number of carbonyl (C=O) groups is 1. The monoisotopic (exact) mass is 320 g/mol. The molecule has 1 unspecified atom stereocenters. The van der Waals surface area contributed by atoms with Gasteiger partial charge in [0.05, 0.1) is 6.04 Å². The molecular formula is C15H23ClF2N2O. The Morgan fingerprint density at radius 3 is 2.48 bits per heavy atom. The van der Waals surface area contributed by atoms with Gasteiger partial charge < -0.3 is 10.6 Å². The molecule has 0 aliphatic heterocycles. The molecule has 1 aromatic rings. The Balaban J connectivity index is 0.00000400. The van der Waals surface area contributed by atoms with Crippen molar-refractivity contribution in [3.05, 3.63) is 35.4 Å². The van der Waals surface area contributed by atoms with Crippen molar-refractivity contribution in [3.63, 3.8) is 0 Å². The molecule has 0 radical (unpaired) electrons. The van der Waals surface area contributed by atoms with E-state index < -0.39 is 17.7 Å². The molecule has 21 heavy (non-hydrogen) atoms. The van der Waals surface area contributed by atoms with E-state index in [1.807, 2.05) is 20.9 Å². The minimum absolute atomic E-state index is 0. The third-order valence-electron chi connectivity index (χ3n) is 3.11. The van der Waals surface area contributed by atoms with Gasteiger partial charge >= 0.3 is 0 Å². The van der Waals surface area contributed by atoms with Crippen molar-refractivity contribution in [2.45, 2.75) is 32.7 Å². The molecule has 1 rings (SSSR count). The molecule has 120 valence electrons. The first-order valence-electron chi connectivity index (χ1n) is 6.84. The third-order valence-corrected chi connectivity index (χ3v) is 3.11. The van der Waals surface area contributed by atoms with Crippen molar-refractivity contribution < 1.29 is 13.6 Å². The molecule has 6 heteroatoms. The fourth-order valence-electron chi connectivity index (χ4n) is 2.03. The van der Waals surface area contributed by atoms with E-state index >= 15 is 0 Å². The largest absolute Gasteiger partial charge is 0.349 e. The summed E-state index contributed by atoms with van der Waals surface area (Å²) in [6, 6.07) is 3.00. The van der Waals surface area contributed by atoms with Crippen molar-refractivity contribution >= 4 is 18.3 Å². The first-order valence-corrected chi connectivity index (χ1v) is 6.84. The highest BCUT2D eigenvalue weighted by molar-refractivity contribution is 5.85. The second kappa shape index (κ2) is 9.68. The van der Waals surface area contributed by atoms with E-state index in [0.29, 0.717) is 12.0 Å². The van der Waals surface area contributed by atoms with Crippen LogP contribution >= 0.6 is 12.4 Å². The lowest BCUT2D eigenvalue weighted by atomic mass is 9.95. The van der Waals surface area contributed by atoms with Crippen LogP contribution in [0.3, 0.4) is 0 Å². The van der Waals surface area contributed by atoms with Gasteiger partial charge in [0.25, 0.3) is 0 Å². The van der Waals surface area contributed by atoms with Gasteiger partial charge in [0.15, 0.2) is 0 Å². The quantitative estimate of drug-likeness (QED) is 0.758. The van der Waals surface area contributed by atoms with Gasteiger partial charge in [-0.3, -0.25) is 4.79 Å². The third kappa shape index (κ3) is 6.40. The van der Waals surface area contributed by atoms with Crippen molar-refractivity contribution in [2.24, 2.45) is 5.92 Å². The van der Waals surface area contributed by atoms with Crippen molar-refractivity contribution in [3.8, 4) is 0 Å². The van der Waals surface area contributed by atoms with Gasteiger partial charge in [0, 0.05) is 18.1 Å². The molecule has 0 heterocycles. The highest BCUT2D eigenvalue weighted by Crippen LogP contribution is 2.25. The molecule has 0 fully saturated rings. The van der Waals surface area contributed by atoms with Gasteiger partial charge in [-0.15, -0.1) is 12.4 Å². The van der Waals surface area contributed by atoms with Gasteiger partial charge in [0.1, 0.15) is 11.6 Å². The van der Waals surface area contributed by atoms with Crippen LogP contribution in [-0.2, 0) is 4.79 Å². The number of amides is 1. The number of rotatable bonds is 7. The molecule has 1 atom stereocenters. The Morgan fingerprint density at radius 1 is 1.29 bits per heavy atom. The molecule has 0 saturated heterocycles. The maximum absolute atomic E-state index is 13.8. The highest BCUT2D eigenvalue weighted by atomic mass is 35.5. The zero-order valence-corrected chi connectivity index (χ0v) is 13.4. The minimum atomic E-state index is -0.626. The van der Waals surface area contributed by atoms with E-state index in [2.05, 4.69) is 10.6 Å². The van der Waals surface area contributed by atoms with E-state index in [9.17, 15) is 13.6 Å². The maximum atomic E-state index is 13.8. The number of hydrogen-bond acceptors (Lipinski definition) is 2. The van der Waals surface area contributed by atoms with Crippen LogP contribution in [0.1, 0.15) is 38.3 Å². The zero-order chi connectivity index (χ0) is 15.1. The lowest BCUT2D eigenvalue weighted by Gasteiger charge is -2.23. The Morgan fingerprint density at radius 2 is 1.95 bits per heavy atom. The molecule has 0 aliphatic carbocycles.